The van der Waals surface area contributed by atoms with E-state index in [9.17, 15) is 4.79 Å². The summed E-state index contributed by atoms with van der Waals surface area (Å²) in [4.78, 5) is 15.0. The van der Waals surface area contributed by atoms with Gasteiger partial charge < -0.3 is 9.47 Å². The number of hydrogen-bond acceptors (Lipinski definition) is 5. The number of carbonyl (C=O) groups excluding carboxylic acids is 1. The van der Waals surface area contributed by atoms with Gasteiger partial charge in [-0.15, -0.1) is 16.8 Å². The van der Waals surface area contributed by atoms with E-state index in [2.05, 4.69) is 65.9 Å². The number of likely N-dealkylation sites (N-methyl/N-ethyl adjacent to an activating group) is 1. The molecule has 1 aromatic heterocycles. The average molecular weight is 445 g/mol. The highest BCUT2D eigenvalue weighted by molar-refractivity contribution is 7.99. The van der Waals surface area contributed by atoms with Crippen molar-refractivity contribution in [3.8, 4) is 0 Å². The molecule has 5 nitrogen and oxygen atoms in total. The first-order chi connectivity index (χ1) is 15.4. The molecule has 2 aromatic carbocycles. The van der Waals surface area contributed by atoms with E-state index in [-0.39, 0.29) is 11.2 Å². The van der Waals surface area contributed by atoms with Crippen LogP contribution in [0.2, 0.25) is 0 Å². The van der Waals surface area contributed by atoms with Gasteiger partial charge in [0, 0.05) is 42.9 Å². The summed E-state index contributed by atoms with van der Waals surface area (Å²) in [5.74, 6) is 1.25. The summed E-state index contributed by atoms with van der Waals surface area (Å²) in [6, 6.07) is 18.5. The second-order valence-electron chi connectivity index (χ2n) is 8.45. The van der Waals surface area contributed by atoms with Crippen LogP contribution >= 0.6 is 11.8 Å². The SMILES string of the molecule is C=CCn1c(Cc2ccccc2)nnc1SCC(=O)/C=C1\N(C)c2ccccc2C1(C)C. The number of anilines is 1. The molecule has 0 saturated heterocycles. The standard InChI is InChI=1S/C26H28N4OS/c1-5-15-30-24(16-19-11-7-6-8-12-19)27-28-25(30)32-18-20(31)17-23-26(2,3)21-13-9-10-14-22(21)29(23)4/h5-14,17H,1,15-16,18H2,2-4H3/b23-17-. The number of benzene rings is 2. The Hall–Kier alpha value is -3.12. The Labute approximate surface area is 193 Å². The summed E-state index contributed by atoms with van der Waals surface area (Å²) in [5, 5.41) is 9.48. The Morgan fingerprint density at radius 1 is 1.09 bits per heavy atom. The molecule has 0 spiro atoms. The van der Waals surface area contributed by atoms with Crippen LogP contribution in [0.25, 0.3) is 0 Å². The molecule has 4 rings (SSSR count). The monoisotopic (exact) mass is 444 g/mol. The van der Waals surface area contributed by atoms with E-state index >= 15 is 0 Å². The van der Waals surface area contributed by atoms with E-state index in [0.29, 0.717) is 18.7 Å². The Morgan fingerprint density at radius 3 is 2.53 bits per heavy atom. The zero-order valence-corrected chi connectivity index (χ0v) is 19.6. The molecular formula is C26H28N4OS. The minimum atomic E-state index is -0.211. The molecule has 0 N–H and O–H groups in total. The molecule has 32 heavy (non-hydrogen) atoms. The van der Waals surface area contributed by atoms with E-state index in [1.54, 1.807) is 6.08 Å². The fourth-order valence-corrected chi connectivity index (χ4v) is 5.03. The van der Waals surface area contributed by atoms with Gasteiger partial charge in [0.1, 0.15) is 5.82 Å². The molecule has 0 unspecified atom stereocenters. The molecule has 6 heteroatoms. The number of fused-ring (bicyclic) bond motifs is 1. The summed E-state index contributed by atoms with van der Waals surface area (Å²) in [7, 11) is 2.02. The van der Waals surface area contributed by atoms with Crippen molar-refractivity contribution in [1.82, 2.24) is 14.8 Å². The van der Waals surface area contributed by atoms with E-state index in [1.165, 1.54) is 22.9 Å². The van der Waals surface area contributed by atoms with Crippen molar-refractivity contribution in [3.63, 3.8) is 0 Å². The zero-order chi connectivity index (χ0) is 22.7. The molecular weight excluding hydrogens is 416 g/mol. The third-order valence-electron chi connectivity index (χ3n) is 5.89. The lowest BCUT2D eigenvalue weighted by atomic mass is 9.83. The predicted molar refractivity (Wildman–Crippen MR) is 131 cm³/mol. The van der Waals surface area contributed by atoms with E-state index in [0.717, 1.165) is 22.4 Å². The van der Waals surface area contributed by atoms with Crippen molar-refractivity contribution in [2.75, 3.05) is 17.7 Å². The van der Waals surface area contributed by atoms with Crippen LogP contribution in [0.1, 0.15) is 30.8 Å². The predicted octanol–water partition coefficient (Wildman–Crippen LogP) is 5.03. The topological polar surface area (TPSA) is 51.0 Å². The lowest BCUT2D eigenvalue weighted by Crippen LogP contribution is -2.24. The Kier molecular flexibility index (Phi) is 6.33. The second-order valence-corrected chi connectivity index (χ2v) is 9.39. The van der Waals surface area contributed by atoms with Crippen LogP contribution in [0.3, 0.4) is 0 Å². The molecule has 2 heterocycles. The fraction of sp³-hybridized carbons (Fsp3) is 0.269. The average Bonchev–Trinajstić information content (AvgIpc) is 3.25. The molecule has 0 radical (unpaired) electrons. The van der Waals surface area contributed by atoms with Crippen LogP contribution in [0.5, 0.6) is 0 Å². The van der Waals surface area contributed by atoms with Crippen LogP contribution in [0.4, 0.5) is 5.69 Å². The van der Waals surface area contributed by atoms with Crippen LogP contribution in [-0.2, 0) is 23.2 Å². The smallest absolute Gasteiger partial charge is 0.191 e. The Balaban J connectivity index is 1.49. The summed E-state index contributed by atoms with van der Waals surface area (Å²) >= 11 is 1.42. The molecule has 0 bridgehead atoms. The first-order valence-electron chi connectivity index (χ1n) is 10.7. The van der Waals surface area contributed by atoms with Gasteiger partial charge >= 0.3 is 0 Å². The van der Waals surface area contributed by atoms with Gasteiger partial charge in [-0.1, -0.05) is 80.2 Å². The third kappa shape index (κ3) is 4.28. The van der Waals surface area contributed by atoms with Gasteiger partial charge in [-0.05, 0) is 17.2 Å². The summed E-state index contributed by atoms with van der Waals surface area (Å²) < 4.78 is 2.03. The van der Waals surface area contributed by atoms with Crippen LogP contribution < -0.4 is 4.90 Å². The molecule has 1 aliphatic rings. The zero-order valence-electron chi connectivity index (χ0n) is 18.8. The molecule has 0 saturated carbocycles. The van der Waals surface area contributed by atoms with Crippen molar-refractivity contribution < 1.29 is 4.79 Å². The van der Waals surface area contributed by atoms with Crippen molar-refractivity contribution in [1.29, 1.82) is 0 Å². The summed E-state index contributed by atoms with van der Waals surface area (Å²) in [6.07, 6.45) is 4.31. The highest BCUT2D eigenvalue weighted by Gasteiger charge is 2.38. The number of carbonyl (C=O) groups is 1. The lowest BCUT2D eigenvalue weighted by molar-refractivity contribution is -0.112. The van der Waals surface area contributed by atoms with Gasteiger partial charge in [-0.25, -0.2) is 0 Å². The molecule has 1 aliphatic heterocycles. The molecule has 0 atom stereocenters. The maximum atomic E-state index is 12.9. The number of thioether (sulfide) groups is 1. The van der Waals surface area contributed by atoms with Gasteiger partial charge in [0.05, 0.1) is 5.75 Å². The quantitative estimate of drug-likeness (QED) is 0.277. The van der Waals surface area contributed by atoms with Crippen molar-refractivity contribution in [3.05, 3.63) is 96.0 Å². The summed E-state index contributed by atoms with van der Waals surface area (Å²) in [5.41, 5.74) is 4.37. The largest absolute Gasteiger partial charge is 0.347 e. The lowest BCUT2D eigenvalue weighted by Gasteiger charge is -2.23. The number of aromatic nitrogens is 3. The normalized spacial score (nSPS) is 15.7. The van der Waals surface area contributed by atoms with Crippen LogP contribution in [-0.4, -0.2) is 33.3 Å². The number of ketones is 1. The third-order valence-corrected chi connectivity index (χ3v) is 6.88. The highest BCUT2D eigenvalue weighted by Crippen LogP contribution is 2.46. The summed E-state index contributed by atoms with van der Waals surface area (Å²) in [6.45, 7) is 8.80. The number of allylic oxidation sites excluding steroid dienone is 3. The second kappa shape index (κ2) is 9.17. The molecule has 3 aromatic rings. The Bertz CT molecular complexity index is 1160. The van der Waals surface area contributed by atoms with Crippen molar-refractivity contribution in [2.45, 2.75) is 37.4 Å². The van der Waals surface area contributed by atoms with Crippen LogP contribution in [0, 0.1) is 0 Å². The van der Waals surface area contributed by atoms with E-state index in [1.807, 2.05) is 42.0 Å². The van der Waals surface area contributed by atoms with Gasteiger partial charge in [0.2, 0.25) is 0 Å². The molecule has 164 valence electrons. The molecule has 0 aliphatic carbocycles. The minimum Gasteiger partial charge on any atom is -0.347 e. The highest BCUT2D eigenvalue weighted by atomic mass is 32.2. The first-order valence-corrected chi connectivity index (χ1v) is 11.7. The van der Waals surface area contributed by atoms with Gasteiger partial charge in [-0.2, -0.15) is 0 Å². The van der Waals surface area contributed by atoms with E-state index < -0.39 is 0 Å². The van der Waals surface area contributed by atoms with Crippen molar-refractivity contribution >= 4 is 23.2 Å². The Morgan fingerprint density at radius 2 is 1.81 bits per heavy atom. The maximum Gasteiger partial charge on any atom is 0.191 e. The fourth-order valence-electron chi connectivity index (χ4n) is 4.24. The molecule has 0 fully saturated rings. The maximum absolute atomic E-state index is 12.9. The van der Waals surface area contributed by atoms with Crippen LogP contribution in [0.15, 0.2) is 84.2 Å². The minimum absolute atomic E-state index is 0.0653. The van der Waals surface area contributed by atoms with Gasteiger partial charge in [-0.3, -0.25) is 4.79 Å². The number of rotatable bonds is 8. The molecule has 0 amide bonds. The van der Waals surface area contributed by atoms with Crippen molar-refractivity contribution in [2.24, 2.45) is 0 Å². The van der Waals surface area contributed by atoms with Gasteiger partial charge in [0.25, 0.3) is 0 Å². The first kappa shape index (κ1) is 22.1. The number of nitrogens with zero attached hydrogens (tertiary/aromatic N) is 4. The number of hydrogen-bond donors (Lipinski definition) is 0. The van der Waals surface area contributed by atoms with Gasteiger partial charge in [0.15, 0.2) is 10.9 Å². The number of para-hydroxylation sites is 1. The van der Waals surface area contributed by atoms with E-state index in [4.69, 9.17) is 0 Å².